The number of aromatic nitrogens is 1. The fraction of sp³-hybridized carbons (Fsp3) is 0.235. The third-order valence-corrected chi connectivity index (χ3v) is 3.54. The van der Waals surface area contributed by atoms with Crippen molar-refractivity contribution in [3.8, 4) is 0 Å². The standard InChI is InChI=1S/C17H18N2O4/c1-10(12-7-5-4-6-8-12)18-15(20)14-9-13(17(22)23-3)11(2)19-16(14)21/h4-10H,1-3H3,(H,18,20)(H,19,21). The number of rotatable bonds is 4. The van der Waals surface area contributed by atoms with E-state index in [0.29, 0.717) is 5.69 Å². The molecule has 1 heterocycles. The Morgan fingerprint density at radius 3 is 2.43 bits per heavy atom. The van der Waals surface area contributed by atoms with E-state index in [-0.39, 0.29) is 17.2 Å². The van der Waals surface area contributed by atoms with Gasteiger partial charge < -0.3 is 15.0 Å². The van der Waals surface area contributed by atoms with Crippen LogP contribution in [0.1, 0.15) is 44.9 Å². The number of ether oxygens (including phenoxy) is 1. The van der Waals surface area contributed by atoms with Crippen LogP contribution in [0.15, 0.2) is 41.2 Å². The van der Waals surface area contributed by atoms with Crippen LogP contribution in [-0.2, 0) is 4.74 Å². The second-order valence-corrected chi connectivity index (χ2v) is 5.15. The first kappa shape index (κ1) is 16.5. The average Bonchev–Trinajstić information content (AvgIpc) is 2.54. The van der Waals surface area contributed by atoms with Crippen LogP contribution < -0.4 is 10.9 Å². The predicted octanol–water partition coefficient (Wildman–Crippen LogP) is 1.96. The minimum absolute atomic E-state index is 0.126. The van der Waals surface area contributed by atoms with E-state index < -0.39 is 17.4 Å². The Labute approximate surface area is 133 Å². The highest BCUT2D eigenvalue weighted by molar-refractivity contribution is 5.98. The summed E-state index contributed by atoms with van der Waals surface area (Å²) in [4.78, 5) is 38.5. The van der Waals surface area contributed by atoms with E-state index in [2.05, 4.69) is 15.0 Å². The molecule has 0 radical (unpaired) electrons. The van der Waals surface area contributed by atoms with E-state index >= 15 is 0 Å². The van der Waals surface area contributed by atoms with Gasteiger partial charge in [-0.3, -0.25) is 9.59 Å². The van der Waals surface area contributed by atoms with E-state index in [9.17, 15) is 14.4 Å². The minimum atomic E-state index is -0.607. The summed E-state index contributed by atoms with van der Waals surface area (Å²) in [5.41, 5.74) is 0.753. The summed E-state index contributed by atoms with van der Waals surface area (Å²) in [5.74, 6) is -1.16. The fourth-order valence-electron chi connectivity index (χ4n) is 2.21. The van der Waals surface area contributed by atoms with Crippen molar-refractivity contribution in [2.75, 3.05) is 7.11 Å². The number of carbonyl (C=O) groups is 2. The first-order chi connectivity index (χ1) is 10.9. The normalized spacial score (nSPS) is 11.6. The molecule has 2 rings (SSSR count). The maximum atomic E-state index is 12.3. The minimum Gasteiger partial charge on any atom is -0.465 e. The Morgan fingerprint density at radius 2 is 1.83 bits per heavy atom. The lowest BCUT2D eigenvalue weighted by Crippen LogP contribution is -2.32. The van der Waals surface area contributed by atoms with E-state index in [1.807, 2.05) is 37.3 Å². The number of amides is 1. The Hall–Kier alpha value is -2.89. The molecule has 6 nitrogen and oxygen atoms in total. The second-order valence-electron chi connectivity index (χ2n) is 5.15. The van der Waals surface area contributed by atoms with Crippen LogP contribution >= 0.6 is 0 Å². The summed E-state index contributed by atoms with van der Waals surface area (Å²) in [6.45, 7) is 3.39. The van der Waals surface area contributed by atoms with Gasteiger partial charge in [-0.25, -0.2) is 4.79 Å². The Kier molecular flexibility index (Phi) is 4.95. The molecule has 1 aromatic carbocycles. The van der Waals surface area contributed by atoms with Crippen LogP contribution in [0.5, 0.6) is 0 Å². The highest BCUT2D eigenvalue weighted by atomic mass is 16.5. The number of aryl methyl sites for hydroxylation is 1. The molecule has 0 bridgehead atoms. The Morgan fingerprint density at radius 1 is 1.17 bits per heavy atom. The molecule has 23 heavy (non-hydrogen) atoms. The molecule has 0 spiro atoms. The molecule has 0 aliphatic heterocycles. The maximum Gasteiger partial charge on any atom is 0.339 e. The van der Waals surface area contributed by atoms with Crippen LogP contribution in [0.25, 0.3) is 0 Å². The number of carbonyl (C=O) groups excluding carboxylic acids is 2. The molecule has 6 heteroatoms. The van der Waals surface area contributed by atoms with E-state index in [1.54, 1.807) is 6.92 Å². The topological polar surface area (TPSA) is 88.3 Å². The van der Waals surface area contributed by atoms with Crippen LogP contribution in [0.4, 0.5) is 0 Å². The molecule has 2 aromatic rings. The van der Waals surface area contributed by atoms with Gasteiger partial charge in [-0.1, -0.05) is 30.3 Å². The molecular weight excluding hydrogens is 296 g/mol. The van der Waals surface area contributed by atoms with Gasteiger partial charge in [0.15, 0.2) is 0 Å². The van der Waals surface area contributed by atoms with Crippen LogP contribution in [0.2, 0.25) is 0 Å². The summed E-state index contributed by atoms with van der Waals surface area (Å²) in [5, 5.41) is 2.75. The van der Waals surface area contributed by atoms with Gasteiger partial charge in [0.05, 0.1) is 18.7 Å². The number of nitrogens with one attached hydrogen (secondary N) is 2. The largest absolute Gasteiger partial charge is 0.465 e. The molecule has 0 aliphatic carbocycles. The van der Waals surface area contributed by atoms with Gasteiger partial charge in [0.25, 0.3) is 11.5 Å². The lowest BCUT2D eigenvalue weighted by Gasteiger charge is -2.14. The van der Waals surface area contributed by atoms with Gasteiger partial charge in [0.2, 0.25) is 0 Å². The molecule has 120 valence electrons. The number of aromatic amines is 1. The van der Waals surface area contributed by atoms with E-state index in [1.165, 1.54) is 13.2 Å². The predicted molar refractivity (Wildman–Crippen MR) is 85.5 cm³/mol. The molecule has 0 fully saturated rings. The zero-order chi connectivity index (χ0) is 17.0. The molecule has 0 saturated carbocycles. The van der Waals surface area contributed by atoms with Gasteiger partial charge >= 0.3 is 5.97 Å². The van der Waals surface area contributed by atoms with Crippen molar-refractivity contribution in [1.82, 2.24) is 10.3 Å². The van der Waals surface area contributed by atoms with E-state index in [4.69, 9.17) is 0 Å². The number of H-pyrrole nitrogens is 1. The lowest BCUT2D eigenvalue weighted by molar-refractivity contribution is 0.0599. The molecule has 1 aromatic heterocycles. The number of pyridine rings is 1. The average molecular weight is 314 g/mol. The van der Waals surface area contributed by atoms with Crippen molar-refractivity contribution in [2.24, 2.45) is 0 Å². The summed E-state index contributed by atoms with van der Waals surface area (Å²) < 4.78 is 4.65. The van der Waals surface area contributed by atoms with Crippen molar-refractivity contribution in [3.63, 3.8) is 0 Å². The fourth-order valence-corrected chi connectivity index (χ4v) is 2.21. The first-order valence-electron chi connectivity index (χ1n) is 7.12. The quantitative estimate of drug-likeness (QED) is 0.844. The maximum absolute atomic E-state index is 12.3. The third-order valence-electron chi connectivity index (χ3n) is 3.54. The smallest absolute Gasteiger partial charge is 0.339 e. The summed E-state index contributed by atoms with van der Waals surface area (Å²) in [6, 6.07) is 10.4. The van der Waals surface area contributed by atoms with Crippen molar-refractivity contribution in [3.05, 3.63) is 69.1 Å². The zero-order valence-electron chi connectivity index (χ0n) is 13.2. The van der Waals surface area contributed by atoms with Gasteiger partial charge in [-0.2, -0.15) is 0 Å². The Bertz CT molecular complexity index is 781. The molecule has 0 saturated heterocycles. The highest BCUT2D eigenvalue weighted by Gasteiger charge is 2.19. The SMILES string of the molecule is COC(=O)c1cc(C(=O)NC(C)c2ccccc2)c(=O)[nH]c1C. The summed E-state index contributed by atoms with van der Waals surface area (Å²) in [7, 11) is 1.24. The highest BCUT2D eigenvalue weighted by Crippen LogP contribution is 2.12. The van der Waals surface area contributed by atoms with Gasteiger partial charge in [-0.05, 0) is 25.5 Å². The zero-order valence-corrected chi connectivity index (χ0v) is 13.2. The van der Waals surface area contributed by atoms with Gasteiger partial charge in [-0.15, -0.1) is 0 Å². The summed E-state index contributed by atoms with van der Waals surface area (Å²) >= 11 is 0. The number of esters is 1. The van der Waals surface area contributed by atoms with Crippen LogP contribution in [0, 0.1) is 6.92 Å². The molecule has 1 atom stereocenters. The summed E-state index contributed by atoms with van der Waals surface area (Å²) in [6.07, 6.45) is 0. The monoisotopic (exact) mass is 314 g/mol. The third kappa shape index (κ3) is 3.66. The van der Waals surface area contributed by atoms with E-state index in [0.717, 1.165) is 5.56 Å². The number of methoxy groups -OCH3 is 1. The molecular formula is C17H18N2O4. The molecule has 2 N–H and O–H groups in total. The number of hydrogen-bond acceptors (Lipinski definition) is 4. The molecule has 0 aliphatic rings. The number of hydrogen-bond donors (Lipinski definition) is 2. The van der Waals surface area contributed by atoms with Crippen molar-refractivity contribution >= 4 is 11.9 Å². The van der Waals surface area contributed by atoms with Crippen LogP contribution in [0.3, 0.4) is 0 Å². The molecule has 1 unspecified atom stereocenters. The Balaban J connectivity index is 2.29. The van der Waals surface area contributed by atoms with Crippen molar-refractivity contribution < 1.29 is 14.3 Å². The second kappa shape index (κ2) is 6.91. The van der Waals surface area contributed by atoms with Crippen molar-refractivity contribution in [2.45, 2.75) is 19.9 Å². The van der Waals surface area contributed by atoms with Crippen molar-refractivity contribution in [1.29, 1.82) is 0 Å². The lowest BCUT2D eigenvalue weighted by atomic mass is 10.1. The molecule has 1 amide bonds. The van der Waals surface area contributed by atoms with Gasteiger partial charge in [0, 0.05) is 5.69 Å². The van der Waals surface area contributed by atoms with Crippen LogP contribution in [-0.4, -0.2) is 24.0 Å². The van der Waals surface area contributed by atoms with Gasteiger partial charge in [0.1, 0.15) is 5.56 Å². The first-order valence-corrected chi connectivity index (χ1v) is 7.12. The number of benzene rings is 1.